The van der Waals surface area contributed by atoms with Crippen LogP contribution in [0.1, 0.15) is 32.8 Å². The summed E-state index contributed by atoms with van der Waals surface area (Å²) in [5.41, 5.74) is 1.90. The Morgan fingerprint density at radius 1 is 1.37 bits per heavy atom. The Balaban J connectivity index is 2.46. The average molecular weight is 264 g/mol. The number of nitrogens with one attached hydrogen (secondary N) is 2. The van der Waals surface area contributed by atoms with E-state index in [1.807, 2.05) is 38.1 Å². The monoisotopic (exact) mass is 264 g/mol. The number of aliphatic hydroxyl groups excluding tert-OH is 1. The lowest BCUT2D eigenvalue weighted by Gasteiger charge is -2.23. The number of rotatable bonds is 6. The molecule has 0 aliphatic heterocycles. The molecule has 0 unspecified atom stereocenters. The number of hydrogen-bond donors (Lipinski definition) is 3. The number of benzene rings is 1. The van der Waals surface area contributed by atoms with Crippen molar-refractivity contribution in [2.24, 2.45) is 5.41 Å². The molecule has 0 saturated carbocycles. The van der Waals surface area contributed by atoms with Gasteiger partial charge in [0.25, 0.3) is 0 Å². The van der Waals surface area contributed by atoms with E-state index in [1.165, 1.54) is 5.56 Å². The molecule has 0 bridgehead atoms. The van der Waals surface area contributed by atoms with Crippen LogP contribution in [0.25, 0.3) is 0 Å². The SMILES string of the molecule is CCc1cccc(NC(=O)NCC(C)(C)CCO)c1. The maximum absolute atomic E-state index is 11.8. The molecule has 19 heavy (non-hydrogen) atoms. The summed E-state index contributed by atoms with van der Waals surface area (Å²) in [6.45, 7) is 6.78. The molecule has 0 saturated heterocycles. The lowest BCUT2D eigenvalue weighted by molar-refractivity contribution is 0.204. The zero-order valence-electron chi connectivity index (χ0n) is 12.0. The largest absolute Gasteiger partial charge is 0.396 e. The molecule has 0 fully saturated rings. The minimum atomic E-state index is -0.209. The summed E-state index contributed by atoms with van der Waals surface area (Å²) >= 11 is 0. The third kappa shape index (κ3) is 5.75. The smallest absolute Gasteiger partial charge is 0.319 e. The molecule has 1 rings (SSSR count). The highest BCUT2D eigenvalue weighted by atomic mass is 16.3. The van der Waals surface area contributed by atoms with Gasteiger partial charge < -0.3 is 15.7 Å². The number of aryl methyl sites for hydroxylation is 1. The van der Waals surface area contributed by atoms with Gasteiger partial charge in [0.05, 0.1) is 0 Å². The molecule has 0 aromatic heterocycles. The second-order valence-electron chi connectivity index (χ2n) is 5.50. The van der Waals surface area contributed by atoms with E-state index in [4.69, 9.17) is 5.11 Å². The van der Waals surface area contributed by atoms with E-state index in [1.54, 1.807) is 0 Å². The van der Waals surface area contributed by atoms with Crippen molar-refractivity contribution in [1.82, 2.24) is 5.32 Å². The van der Waals surface area contributed by atoms with Crippen LogP contribution in [0.2, 0.25) is 0 Å². The molecule has 1 aromatic carbocycles. The zero-order chi connectivity index (χ0) is 14.3. The maximum atomic E-state index is 11.8. The maximum Gasteiger partial charge on any atom is 0.319 e. The van der Waals surface area contributed by atoms with Gasteiger partial charge in [0, 0.05) is 18.8 Å². The van der Waals surface area contributed by atoms with Crippen molar-refractivity contribution in [3.05, 3.63) is 29.8 Å². The summed E-state index contributed by atoms with van der Waals surface area (Å²) in [6.07, 6.45) is 1.61. The molecule has 0 atom stereocenters. The third-order valence-electron chi connectivity index (χ3n) is 3.11. The first-order valence-electron chi connectivity index (χ1n) is 6.71. The molecule has 1 aromatic rings. The van der Waals surface area contributed by atoms with Crippen molar-refractivity contribution >= 4 is 11.7 Å². The van der Waals surface area contributed by atoms with Crippen molar-refractivity contribution in [3.8, 4) is 0 Å². The first-order chi connectivity index (χ1) is 8.96. The normalized spacial score (nSPS) is 11.2. The molecule has 106 valence electrons. The summed E-state index contributed by atoms with van der Waals surface area (Å²) in [5, 5.41) is 14.6. The summed E-state index contributed by atoms with van der Waals surface area (Å²) < 4.78 is 0. The topological polar surface area (TPSA) is 61.4 Å². The van der Waals surface area contributed by atoms with Crippen molar-refractivity contribution in [2.45, 2.75) is 33.6 Å². The van der Waals surface area contributed by atoms with Crippen LogP contribution in [0.3, 0.4) is 0 Å². The molecular weight excluding hydrogens is 240 g/mol. The Hall–Kier alpha value is -1.55. The van der Waals surface area contributed by atoms with Crippen LogP contribution in [0.4, 0.5) is 10.5 Å². The highest BCUT2D eigenvalue weighted by Gasteiger charge is 2.17. The van der Waals surface area contributed by atoms with Crippen LogP contribution in [-0.4, -0.2) is 24.3 Å². The molecule has 0 spiro atoms. The highest BCUT2D eigenvalue weighted by molar-refractivity contribution is 5.89. The van der Waals surface area contributed by atoms with Gasteiger partial charge in [-0.25, -0.2) is 4.79 Å². The Morgan fingerprint density at radius 2 is 2.11 bits per heavy atom. The lowest BCUT2D eigenvalue weighted by atomic mass is 9.90. The highest BCUT2D eigenvalue weighted by Crippen LogP contribution is 2.18. The summed E-state index contributed by atoms with van der Waals surface area (Å²) in [7, 11) is 0. The second-order valence-corrected chi connectivity index (χ2v) is 5.50. The number of aliphatic hydroxyl groups is 1. The lowest BCUT2D eigenvalue weighted by Crippen LogP contribution is -2.37. The molecule has 0 aliphatic rings. The predicted molar refractivity (Wildman–Crippen MR) is 78.3 cm³/mol. The fourth-order valence-corrected chi connectivity index (χ4v) is 1.75. The molecular formula is C15H24N2O2. The molecule has 4 heteroatoms. The Kier molecular flexibility index (Phi) is 5.83. The number of amides is 2. The van der Waals surface area contributed by atoms with Crippen LogP contribution >= 0.6 is 0 Å². The van der Waals surface area contributed by atoms with Crippen molar-refractivity contribution < 1.29 is 9.90 Å². The fourth-order valence-electron chi connectivity index (χ4n) is 1.75. The summed E-state index contributed by atoms with van der Waals surface area (Å²) in [6, 6.07) is 7.60. The van der Waals surface area contributed by atoms with Crippen LogP contribution < -0.4 is 10.6 Å². The van der Waals surface area contributed by atoms with E-state index in [0.717, 1.165) is 12.1 Å². The van der Waals surface area contributed by atoms with E-state index < -0.39 is 0 Å². The minimum Gasteiger partial charge on any atom is -0.396 e. The molecule has 3 N–H and O–H groups in total. The molecule has 0 aliphatic carbocycles. The van der Waals surface area contributed by atoms with E-state index in [9.17, 15) is 4.79 Å². The average Bonchev–Trinajstić information content (AvgIpc) is 2.37. The molecule has 4 nitrogen and oxygen atoms in total. The van der Waals surface area contributed by atoms with Gasteiger partial charge >= 0.3 is 6.03 Å². The quantitative estimate of drug-likeness (QED) is 0.740. The van der Waals surface area contributed by atoms with E-state index in [-0.39, 0.29) is 18.1 Å². The number of urea groups is 1. The zero-order valence-corrected chi connectivity index (χ0v) is 12.0. The Labute approximate surface area is 115 Å². The van der Waals surface area contributed by atoms with Gasteiger partial charge in [-0.1, -0.05) is 32.9 Å². The van der Waals surface area contributed by atoms with Crippen LogP contribution in [0.5, 0.6) is 0 Å². The second kappa shape index (κ2) is 7.14. The third-order valence-corrected chi connectivity index (χ3v) is 3.11. The fraction of sp³-hybridized carbons (Fsp3) is 0.533. The summed E-state index contributed by atoms with van der Waals surface area (Å²) in [4.78, 5) is 11.8. The number of hydrogen-bond acceptors (Lipinski definition) is 2. The van der Waals surface area contributed by atoms with Crippen LogP contribution in [-0.2, 0) is 6.42 Å². The van der Waals surface area contributed by atoms with Crippen LogP contribution in [0.15, 0.2) is 24.3 Å². The van der Waals surface area contributed by atoms with Crippen molar-refractivity contribution in [3.63, 3.8) is 0 Å². The molecule has 0 heterocycles. The van der Waals surface area contributed by atoms with Gasteiger partial charge in [-0.15, -0.1) is 0 Å². The molecule has 2 amide bonds. The van der Waals surface area contributed by atoms with Gasteiger partial charge in [0.15, 0.2) is 0 Å². The van der Waals surface area contributed by atoms with Gasteiger partial charge in [-0.3, -0.25) is 0 Å². The van der Waals surface area contributed by atoms with Crippen LogP contribution in [0, 0.1) is 5.41 Å². The van der Waals surface area contributed by atoms with Crippen molar-refractivity contribution in [1.29, 1.82) is 0 Å². The predicted octanol–water partition coefficient (Wildman–Crippen LogP) is 2.78. The van der Waals surface area contributed by atoms with Gasteiger partial charge in [-0.05, 0) is 36.0 Å². The van der Waals surface area contributed by atoms with Gasteiger partial charge in [-0.2, -0.15) is 0 Å². The summed E-state index contributed by atoms with van der Waals surface area (Å²) in [5.74, 6) is 0. The number of carbonyl (C=O) groups excluding carboxylic acids is 1. The van der Waals surface area contributed by atoms with E-state index in [2.05, 4.69) is 17.6 Å². The first-order valence-corrected chi connectivity index (χ1v) is 6.71. The van der Waals surface area contributed by atoms with Gasteiger partial charge in [0.1, 0.15) is 0 Å². The number of carbonyl (C=O) groups is 1. The minimum absolute atomic E-state index is 0.0998. The Bertz CT molecular complexity index is 416. The van der Waals surface area contributed by atoms with Crippen molar-refractivity contribution in [2.75, 3.05) is 18.5 Å². The standard InChI is InChI=1S/C15H24N2O2/c1-4-12-6-5-7-13(10-12)17-14(19)16-11-15(2,3)8-9-18/h5-7,10,18H,4,8-9,11H2,1-3H3,(H2,16,17,19). The van der Waals surface area contributed by atoms with Gasteiger partial charge in [0.2, 0.25) is 0 Å². The van der Waals surface area contributed by atoms with E-state index >= 15 is 0 Å². The first kappa shape index (κ1) is 15.5. The molecule has 0 radical (unpaired) electrons. The Morgan fingerprint density at radius 3 is 2.74 bits per heavy atom. The van der Waals surface area contributed by atoms with E-state index in [0.29, 0.717) is 13.0 Å². The number of anilines is 1.